The second kappa shape index (κ2) is 8.35. The largest absolute Gasteiger partial charge is 0.493 e. The van der Waals surface area contributed by atoms with Crippen LogP contribution in [0.1, 0.15) is 27.7 Å². The van der Waals surface area contributed by atoms with Gasteiger partial charge in [0, 0.05) is 4.88 Å². The summed E-state index contributed by atoms with van der Waals surface area (Å²) in [6.45, 7) is 0. The molecule has 0 saturated carbocycles. The molecule has 24 heavy (non-hydrogen) atoms. The Kier molecular flexibility index (Phi) is 6.20. The van der Waals surface area contributed by atoms with Crippen LogP contribution in [0, 0.1) is 0 Å². The Hall–Kier alpha value is -2.54. The van der Waals surface area contributed by atoms with Gasteiger partial charge in [-0.15, -0.1) is 11.3 Å². The summed E-state index contributed by atoms with van der Waals surface area (Å²) in [6, 6.07) is 8.31. The van der Waals surface area contributed by atoms with E-state index in [-0.39, 0.29) is 12.3 Å². The molecule has 1 N–H and O–H groups in total. The lowest BCUT2D eigenvalue weighted by Gasteiger charge is -2.18. The van der Waals surface area contributed by atoms with Crippen LogP contribution < -0.4 is 14.8 Å². The fourth-order valence-corrected chi connectivity index (χ4v) is 3.04. The van der Waals surface area contributed by atoms with Gasteiger partial charge in [0.2, 0.25) is 0 Å². The lowest BCUT2D eigenvalue weighted by molar-refractivity contribution is -0.141. The average Bonchev–Trinajstić information content (AvgIpc) is 3.14. The van der Waals surface area contributed by atoms with Gasteiger partial charge in [-0.2, -0.15) is 0 Å². The van der Waals surface area contributed by atoms with Crippen LogP contribution in [-0.2, 0) is 9.53 Å². The molecule has 1 aromatic heterocycles. The van der Waals surface area contributed by atoms with Gasteiger partial charge >= 0.3 is 5.97 Å². The summed E-state index contributed by atoms with van der Waals surface area (Å²) in [5, 5.41) is 4.75. The summed E-state index contributed by atoms with van der Waals surface area (Å²) in [7, 11) is 4.30. The highest BCUT2D eigenvalue weighted by atomic mass is 32.1. The Labute approximate surface area is 144 Å². The van der Waals surface area contributed by atoms with Crippen molar-refractivity contribution in [2.24, 2.45) is 0 Å². The first-order valence-corrected chi connectivity index (χ1v) is 8.10. The van der Waals surface area contributed by atoms with Crippen LogP contribution in [0.3, 0.4) is 0 Å². The van der Waals surface area contributed by atoms with Gasteiger partial charge in [0.05, 0.1) is 39.4 Å². The van der Waals surface area contributed by atoms with E-state index >= 15 is 0 Å². The van der Waals surface area contributed by atoms with Crippen molar-refractivity contribution in [2.75, 3.05) is 21.3 Å². The zero-order valence-corrected chi connectivity index (χ0v) is 14.5. The third kappa shape index (κ3) is 4.05. The molecule has 0 bridgehead atoms. The summed E-state index contributed by atoms with van der Waals surface area (Å²) < 4.78 is 15.2. The molecule has 0 saturated heterocycles. The molecule has 7 heteroatoms. The first-order chi connectivity index (χ1) is 11.6. The molecular formula is C17H19NO5S. The number of hydrogen-bond donors (Lipinski definition) is 1. The third-order valence-electron chi connectivity index (χ3n) is 3.44. The first kappa shape index (κ1) is 17.8. The second-order valence-corrected chi connectivity index (χ2v) is 5.84. The Balaban J connectivity index is 2.26. The predicted octanol–water partition coefficient (Wildman–Crippen LogP) is 2.80. The molecule has 0 radical (unpaired) electrons. The maximum atomic E-state index is 12.7. The minimum Gasteiger partial charge on any atom is -0.493 e. The Morgan fingerprint density at radius 1 is 1.12 bits per heavy atom. The van der Waals surface area contributed by atoms with Gasteiger partial charge in [0.25, 0.3) is 5.91 Å². The molecule has 0 aliphatic carbocycles. The topological polar surface area (TPSA) is 73.9 Å². The van der Waals surface area contributed by atoms with E-state index in [2.05, 4.69) is 5.32 Å². The SMILES string of the molecule is COC(=O)CC(NC(=O)c1cccc(OC)c1OC)c1cccs1. The monoisotopic (exact) mass is 349 g/mol. The number of benzene rings is 1. The zero-order valence-electron chi connectivity index (χ0n) is 13.7. The highest BCUT2D eigenvalue weighted by Gasteiger charge is 2.23. The lowest BCUT2D eigenvalue weighted by atomic mass is 10.1. The van der Waals surface area contributed by atoms with Gasteiger partial charge in [-0.1, -0.05) is 12.1 Å². The number of carbonyl (C=O) groups is 2. The molecule has 2 aromatic rings. The number of thiophene rings is 1. The normalized spacial score (nSPS) is 11.5. The fraction of sp³-hybridized carbons (Fsp3) is 0.294. The summed E-state index contributed by atoms with van der Waals surface area (Å²) >= 11 is 1.46. The van der Waals surface area contributed by atoms with Crippen LogP contribution in [0.15, 0.2) is 35.7 Å². The molecule has 0 spiro atoms. The number of ether oxygens (including phenoxy) is 3. The molecule has 1 heterocycles. The number of methoxy groups -OCH3 is 3. The van der Waals surface area contributed by atoms with E-state index < -0.39 is 12.0 Å². The third-order valence-corrected chi connectivity index (χ3v) is 4.42. The summed E-state index contributed by atoms with van der Waals surface area (Å²) in [4.78, 5) is 25.2. The second-order valence-electron chi connectivity index (χ2n) is 4.86. The number of nitrogens with one attached hydrogen (secondary N) is 1. The van der Waals surface area contributed by atoms with Crippen molar-refractivity contribution in [2.45, 2.75) is 12.5 Å². The van der Waals surface area contributed by atoms with E-state index in [4.69, 9.17) is 14.2 Å². The van der Waals surface area contributed by atoms with Gasteiger partial charge in [0.1, 0.15) is 0 Å². The lowest BCUT2D eigenvalue weighted by Crippen LogP contribution is -2.30. The summed E-state index contributed by atoms with van der Waals surface area (Å²) in [6.07, 6.45) is 0.0506. The van der Waals surface area contributed by atoms with Crippen LogP contribution in [0.4, 0.5) is 0 Å². The van der Waals surface area contributed by atoms with Crippen LogP contribution in [-0.4, -0.2) is 33.2 Å². The number of para-hydroxylation sites is 1. The maximum Gasteiger partial charge on any atom is 0.307 e. The van der Waals surface area contributed by atoms with Crippen LogP contribution in [0.2, 0.25) is 0 Å². The first-order valence-electron chi connectivity index (χ1n) is 7.22. The number of hydrogen-bond acceptors (Lipinski definition) is 6. The number of rotatable bonds is 7. The Morgan fingerprint density at radius 2 is 1.92 bits per heavy atom. The molecule has 0 fully saturated rings. The summed E-state index contributed by atoms with van der Waals surface area (Å²) in [5.74, 6) is 0.0608. The van der Waals surface area contributed by atoms with Crippen molar-refractivity contribution in [3.05, 3.63) is 46.2 Å². The van der Waals surface area contributed by atoms with Crippen LogP contribution in [0.25, 0.3) is 0 Å². The van der Waals surface area contributed by atoms with E-state index in [1.54, 1.807) is 18.2 Å². The highest BCUT2D eigenvalue weighted by molar-refractivity contribution is 7.10. The number of carbonyl (C=O) groups excluding carboxylic acids is 2. The Bertz CT molecular complexity index is 699. The fourth-order valence-electron chi connectivity index (χ4n) is 2.26. The van der Waals surface area contributed by atoms with Gasteiger partial charge in [-0.3, -0.25) is 9.59 Å². The quantitative estimate of drug-likeness (QED) is 0.778. The van der Waals surface area contributed by atoms with Gasteiger partial charge in [-0.05, 0) is 23.6 Å². The number of esters is 1. The van der Waals surface area contributed by atoms with Crippen molar-refractivity contribution in [1.29, 1.82) is 0 Å². The maximum absolute atomic E-state index is 12.7. The van der Waals surface area contributed by atoms with Crippen molar-refractivity contribution in [3.63, 3.8) is 0 Å². The van der Waals surface area contributed by atoms with Crippen molar-refractivity contribution < 1.29 is 23.8 Å². The molecule has 0 aliphatic heterocycles. The smallest absolute Gasteiger partial charge is 0.307 e. The standard InChI is InChI=1S/C17H19NO5S/c1-21-13-7-4-6-11(16(13)23-3)17(20)18-12(10-15(19)22-2)14-8-5-9-24-14/h4-9,12H,10H2,1-3H3,(H,18,20). The molecule has 2 rings (SSSR count). The zero-order chi connectivity index (χ0) is 17.5. The van der Waals surface area contributed by atoms with E-state index in [1.807, 2.05) is 17.5 Å². The molecule has 1 unspecified atom stereocenters. The average molecular weight is 349 g/mol. The van der Waals surface area contributed by atoms with Crippen molar-refractivity contribution in [1.82, 2.24) is 5.32 Å². The van der Waals surface area contributed by atoms with Crippen LogP contribution >= 0.6 is 11.3 Å². The molecule has 1 atom stereocenters. The molecular weight excluding hydrogens is 330 g/mol. The Morgan fingerprint density at radius 3 is 2.50 bits per heavy atom. The van der Waals surface area contributed by atoms with Crippen molar-refractivity contribution >= 4 is 23.2 Å². The minimum absolute atomic E-state index is 0.0506. The van der Waals surface area contributed by atoms with Gasteiger partial charge in [0.15, 0.2) is 11.5 Å². The van der Waals surface area contributed by atoms with Crippen LogP contribution in [0.5, 0.6) is 11.5 Å². The van der Waals surface area contributed by atoms with E-state index in [0.717, 1.165) is 4.88 Å². The van der Waals surface area contributed by atoms with E-state index in [1.165, 1.54) is 32.7 Å². The van der Waals surface area contributed by atoms with E-state index in [9.17, 15) is 9.59 Å². The molecule has 6 nitrogen and oxygen atoms in total. The van der Waals surface area contributed by atoms with Gasteiger partial charge in [-0.25, -0.2) is 0 Å². The molecule has 0 aliphatic rings. The molecule has 128 valence electrons. The van der Waals surface area contributed by atoms with Gasteiger partial charge < -0.3 is 19.5 Å². The van der Waals surface area contributed by atoms with E-state index in [0.29, 0.717) is 17.1 Å². The van der Waals surface area contributed by atoms with Crippen molar-refractivity contribution in [3.8, 4) is 11.5 Å². The minimum atomic E-state index is -0.471. The molecule has 1 amide bonds. The molecule has 1 aromatic carbocycles. The summed E-state index contributed by atoms with van der Waals surface area (Å²) in [5.41, 5.74) is 0.336. The number of amides is 1. The highest BCUT2D eigenvalue weighted by Crippen LogP contribution is 2.31. The predicted molar refractivity (Wildman–Crippen MR) is 90.7 cm³/mol.